The predicted molar refractivity (Wildman–Crippen MR) is 134 cm³/mol. The Morgan fingerprint density at radius 2 is 1.54 bits per heavy atom. The van der Waals surface area contributed by atoms with Crippen LogP contribution >= 0.6 is 0 Å². The van der Waals surface area contributed by atoms with E-state index in [1.807, 2.05) is 32.0 Å². The number of methoxy groups -OCH3 is 1. The zero-order chi connectivity index (χ0) is 25.2. The average Bonchev–Trinajstić information content (AvgIpc) is 2.83. The number of rotatable bonds is 8. The van der Waals surface area contributed by atoms with Gasteiger partial charge in [-0.25, -0.2) is 5.43 Å². The zero-order valence-electron chi connectivity index (χ0n) is 19.6. The fourth-order valence-corrected chi connectivity index (χ4v) is 3.15. The molecule has 0 unspecified atom stereocenters. The van der Waals surface area contributed by atoms with Crippen molar-refractivity contribution in [2.75, 3.05) is 24.4 Å². The van der Waals surface area contributed by atoms with Crippen molar-refractivity contribution in [2.45, 2.75) is 13.8 Å². The van der Waals surface area contributed by atoms with Crippen molar-refractivity contribution in [2.24, 2.45) is 5.10 Å². The average molecular weight is 475 g/mol. The third-order valence-corrected chi connectivity index (χ3v) is 4.67. The second-order valence-electron chi connectivity index (χ2n) is 7.67. The summed E-state index contributed by atoms with van der Waals surface area (Å²) in [6.45, 7) is 3.79. The predicted octanol–water partition coefficient (Wildman–Crippen LogP) is 3.42. The number of hydrogen-bond acceptors (Lipinski definition) is 6. The highest BCUT2D eigenvalue weighted by Gasteiger charge is 2.13. The third kappa shape index (κ3) is 8.01. The van der Waals surface area contributed by atoms with Gasteiger partial charge in [0.25, 0.3) is 5.91 Å². The minimum Gasteiger partial charge on any atom is -0.497 e. The number of hydrogen-bond donors (Lipinski definition) is 3. The molecule has 0 aliphatic carbocycles. The first kappa shape index (κ1) is 25.0. The molecule has 0 aromatic heterocycles. The lowest BCUT2D eigenvalue weighted by molar-refractivity contribution is -0.136. The Kier molecular flexibility index (Phi) is 8.55. The van der Waals surface area contributed by atoms with Gasteiger partial charge >= 0.3 is 11.8 Å². The Morgan fingerprint density at radius 1 is 0.829 bits per heavy atom. The largest absolute Gasteiger partial charge is 0.497 e. The van der Waals surface area contributed by atoms with Crippen LogP contribution in [-0.2, 0) is 14.4 Å². The van der Waals surface area contributed by atoms with E-state index < -0.39 is 11.8 Å². The van der Waals surface area contributed by atoms with Gasteiger partial charge < -0.3 is 20.1 Å². The maximum atomic E-state index is 12.1. The second-order valence-corrected chi connectivity index (χ2v) is 7.67. The van der Waals surface area contributed by atoms with E-state index in [4.69, 9.17) is 9.47 Å². The Labute approximate surface area is 203 Å². The molecule has 180 valence electrons. The smallest absolute Gasteiger partial charge is 0.329 e. The molecule has 0 atom stereocenters. The minimum absolute atomic E-state index is 0.140. The van der Waals surface area contributed by atoms with Crippen LogP contribution in [-0.4, -0.2) is 37.7 Å². The molecule has 9 heteroatoms. The van der Waals surface area contributed by atoms with E-state index in [1.165, 1.54) is 13.3 Å². The van der Waals surface area contributed by atoms with Crippen molar-refractivity contribution in [1.29, 1.82) is 0 Å². The van der Waals surface area contributed by atoms with Crippen molar-refractivity contribution in [3.63, 3.8) is 0 Å². The molecule has 0 aliphatic heterocycles. The number of aryl methyl sites for hydroxylation is 2. The zero-order valence-corrected chi connectivity index (χ0v) is 19.6. The number of nitrogens with one attached hydrogen (secondary N) is 3. The van der Waals surface area contributed by atoms with Gasteiger partial charge in [0, 0.05) is 17.4 Å². The van der Waals surface area contributed by atoms with E-state index in [2.05, 4.69) is 21.2 Å². The molecule has 3 amide bonds. The number of hydrazone groups is 1. The van der Waals surface area contributed by atoms with E-state index >= 15 is 0 Å². The fraction of sp³-hybridized carbons (Fsp3) is 0.154. The summed E-state index contributed by atoms with van der Waals surface area (Å²) in [5.74, 6) is -0.997. The molecule has 3 aromatic rings. The van der Waals surface area contributed by atoms with Gasteiger partial charge in [0.05, 0.1) is 13.3 Å². The number of amides is 3. The summed E-state index contributed by atoms with van der Waals surface area (Å²) in [7, 11) is 1.51. The Bertz CT molecular complexity index is 1220. The number of ether oxygens (including phenoxy) is 2. The summed E-state index contributed by atoms with van der Waals surface area (Å²) >= 11 is 0. The first-order valence-corrected chi connectivity index (χ1v) is 10.7. The third-order valence-electron chi connectivity index (χ3n) is 4.67. The van der Waals surface area contributed by atoms with Crippen LogP contribution < -0.4 is 25.5 Å². The van der Waals surface area contributed by atoms with Gasteiger partial charge in [-0.2, -0.15) is 5.10 Å². The molecular weight excluding hydrogens is 448 g/mol. The van der Waals surface area contributed by atoms with Crippen LogP contribution in [0.2, 0.25) is 0 Å². The van der Waals surface area contributed by atoms with Crippen LogP contribution in [0.1, 0.15) is 16.7 Å². The van der Waals surface area contributed by atoms with Crippen LogP contribution in [0.5, 0.6) is 11.5 Å². The maximum absolute atomic E-state index is 12.1. The van der Waals surface area contributed by atoms with Gasteiger partial charge in [-0.1, -0.05) is 12.1 Å². The summed E-state index contributed by atoms with van der Waals surface area (Å²) in [5, 5.41) is 9.06. The van der Waals surface area contributed by atoms with E-state index in [0.29, 0.717) is 22.7 Å². The van der Waals surface area contributed by atoms with Crippen LogP contribution in [0.3, 0.4) is 0 Å². The molecular formula is C26H26N4O5. The van der Waals surface area contributed by atoms with E-state index in [-0.39, 0.29) is 12.5 Å². The normalized spacial score (nSPS) is 10.5. The highest BCUT2D eigenvalue weighted by Crippen LogP contribution is 2.17. The Hall–Kier alpha value is -4.66. The molecule has 0 spiro atoms. The summed E-state index contributed by atoms with van der Waals surface area (Å²) in [6.07, 6.45) is 1.38. The summed E-state index contributed by atoms with van der Waals surface area (Å²) in [5.41, 5.74) is 6.10. The molecule has 3 aromatic carbocycles. The SMILES string of the molecule is COc1cccc(NC(=O)C(=O)N/N=C\c2ccc(OCC(=O)Nc3cc(C)cc(C)c3)cc2)c1. The van der Waals surface area contributed by atoms with Gasteiger partial charge in [0.1, 0.15) is 11.5 Å². The molecule has 9 nitrogen and oxygen atoms in total. The van der Waals surface area contributed by atoms with Crippen LogP contribution in [0.15, 0.2) is 71.8 Å². The second kappa shape index (κ2) is 12.0. The molecule has 35 heavy (non-hydrogen) atoms. The first-order chi connectivity index (χ1) is 16.8. The van der Waals surface area contributed by atoms with Gasteiger partial charge in [0.15, 0.2) is 6.61 Å². The van der Waals surface area contributed by atoms with Gasteiger partial charge in [0.2, 0.25) is 0 Å². The number of nitrogens with zero attached hydrogens (tertiary/aromatic N) is 1. The molecule has 0 radical (unpaired) electrons. The van der Waals surface area contributed by atoms with Crippen molar-refractivity contribution in [3.8, 4) is 11.5 Å². The van der Waals surface area contributed by atoms with Gasteiger partial charge in [-0.05, 0) is 79.1 Å². The maximum Gasteiger partial charge on any atom is 0.329 e. The number of benzene rings is 3. The number of anilines is 2. The molecule has 0 fully saturated rings. The Balaban J connectivity index is 1.44. The van der Waals surface area contributed by atoms with E-state index in [1.54, 1.807) is 48.5 Å². The molecule has 0 saturated heterocycles. The first-order valence-electron chi connectivity index (χ1n) is 10.7. The molecule has 3 rings (SSSR count). The highest BCUT2D eigenvalue weighted by atomic mass is 16.5. The monoisotopic (exact) mass is 474 g/mol. The Morgan fingerprint density at radius 3 is 2.23 bits per heavy atom. The van der Waals surface area contributed by atoms with Crippen molar-refractivity contribution < 1.29 is 23.9 Å². The molecule has 0 heterocycles. The lowest BCUT2D eigenvalue weighted by atomic mass is 10.1. The number of carbonyl (C=O) groups is 3. The molecule has 0 saturated carbocycles. The highest BCUT2D eigenvalue weighted by molar-refractivity contribution is 6.39. The summed E-state index contributed by atoms with van der Waals surface area (Å²) in [6, 6.07) is 19.2. The van der Waals surface area contributed by atoms with Crippen LogP contribution in [0.4, 0.5) is 11.4 Å². The fourth-order valence-electron chi connectivity index (χ4n) is 3.15. The summed E-state index contributed by atoms with van der Waals surface area (Å²) in [4.78, 5) is 36.1. The summed E-state index contributed by atoms with van der Waals surface area (Å²) < 4.78 is 10.6. The van der Waals surface area contributed by atoms with Crippen molar-refractivity contribution in [1.82, 2.24) is 5.43 Å². The molecule has 0 bridgehead atoms. The van der Waals surface area contributed by atoms with Crippen LogP contribution in [0, 0.1) is 13.8 Å². The van der Waals surface area contributed by atoms with Crippen LogP contribution in [0.25, 0.3) is 0 Å². The van der Waals surface area contributed by atoms with E-state index in [9.17, 15) is 14.4 Å². The minimum atomic E-state index is -0.918. The van der Waals surface area contributed by atoms with Gasteiger partial charge in [-0.15, -0.1) is 0 Å². The van der Waals surface area contributed by atoms with E-state index in [0.717, 1.165) is 16.8 Å². The lowest BCUT2D eigenvalue weighted by Gasteiger charge is -2.09. The molecule has 3 N–H and O–H groups in total. The standard InChI is InChI=1S/C26H26N4O5/c1-17-11-18(2)13-21(12-17)28-24(31)16-35-22-9-7-19(8-10-22)15-27-30-26(33)25(32)29-20-5-4-6-23(14-20)34-3/h4-15H,16H2,1-3H3,(H,28,31)(H,29,32)(H,30,33)/b27-15-. The van der Waals surface area contributed by atoms with Crippen molar-refractivity contribution in [3.05, 3.63) is 83.4 Å². The molecule has 0 aliphatic rings. The quantitative estimate of drug-likeness (QED) is 0.263. The lowest BCUT2D eigenvalue weighted by Crippen LogP contribution is -2.32. The van der Waals surface area contributed by atoms with Gasteiger partial charge in [-0.3, -0.25) is 14.4 Å². The topological polar surface area (TPSA) is 118 Å². The number of carbonyl (C=O) groups excluding carboxylic acids is 3. The van der Waals surface area contributed by atoms with Crippen molar-refractivity contribution >= 4 is 35.3 Å².